The van der Waals surface area contributed by atoms with Crippen LogP contribution in [0.15, 0.2) is 72.3 Å². The van der Waals surface area contributed by atoms with Crippen molar-refractivity contribution < 1.29 is 33.6 Å². The summed E-state index contributed by atoms with van der Waals surface area (Å²) in [6, 6.07) is 18.5. The van der Waals surface area contributed by atoms with Crippen LogP contribution in [0.1, 0.15) is 36.6 Å². The van der Waals surface area contributed by atoms with Gasteiger partial charge in [-0.25, -0.2) is 0 Å². The molecular formula is C30H31NO7. The number of ether oxygens (including phenoxy) is 4. The van der Waals surface area contributed by atoms with Gasteiger partial charge >= 0.3 is 0 Å². The minimum Gasteiger partial charge on any atom is -0.506 e. The number of hydrogen-bond acceptors (Lipinski definition) is 7. The Hall–Kier alpha value is -4.46. The number of likely N-dealkylation sites (tertiary alicyclic amines) is 1. The van der Waals surface area contributed by atoms with Crippen LogP contribution in [0.2, 0.25) is 0 Å². The van der Waals surface area contributed by atoms with E-state index in [1.54, 1.807) is 49.6 Å². The molecule has 0 radical (unpaired) electrons. The number of aliphatic hydroxyl groups is 1. The van der Waals surface area contributed by atoms with Gasteiger partial charge in [-0.05, 0) is 61.4 Å². The predicted octanol–water partition coefficient (Wildman–Crippen LogP) is 5.12. The van der Waals surface area contributed by atoms with Crippen molar-refractivity contribution in [1.29, 1.82) is 0 Å². The SMILES string of the molecule is COc1ccc(C2/C(=C(\O)c3c(OC)cccc3OC)C(=O)C(=O)N2Cc2ccc(OC(C)C)cc2)cc1. The normalized spacial score (nSPS) is 16.6. The summed E-state index contributed by atoms with van der Waals surface area (Å²) in [5.74, 6) is 0.0598. The lowest BCUT2D eigenvalue weighted by atomic mass is 9.94. The highest BCUT2D eigenvalue weighted by molar-refractivity contribution is 6.46. The fourth-order valence-corrected chi connectivity index (χ4v) is 4.54. The van der Waals surface area contributed by atoms with Gasteiger partial charge in [-0.2, -0.15) is 0 Å². The van der Waals surface area contributed by atoms with E-state index in [0.717, 1.165) is 5.56 Å². The third kappa shape index (κ3) is 5.16. The van der Waals surface area contributed by atoms with Crippen LogP contribution < -0.4 is 18.9 Å². The molecule has 1 atom stereocenters. The molecule has 1 unspecified atom stereocenters. The quantitative estimate of drug-likeness (QED) is 0.239. The average molecular weight is 518 g/mol. The second kappa shape index (κ2) is 11.3. The molecule has 1 fully saturated rings. The highest BCUT2D eigenvalue weighted by atomic mass is 16.5. The number of Topliss-reactive ketones (excluding diaryl/α,β-unsaturated/α-hetero) is 1. The van der Waals surface area contributed by atoms with Crippen LogP contribution in [0.25, 0.3) is 5.76 Å². The number of ketones is 1. The average Bonchev–Trinajstić information content (AvgIpc) is 3.17. The lowest BCUT2D eigenvalue weighted by molar-refractivity contribution is -0.140. The number of carbonyl (C=O) groups excluding carboxylic acids is 2. The molecule has 0 aliphatic carbocycles. The van der Waals surface area contributed by atoms with E-state index in [4.69, 9.17) is 18.9 Å². The maximum atomic E-state index is 13.5. The van der Waals surface area contributed by atoms with E-state index in [0.29, 0.717) is 28.6 Å². The summed E-state index contributed by atoms with van der Waals surface area (Å²) in [6.07, 6.45) is 0.0284. The molecule has 0 spiro atoms. The van der Waals surface area contributed by atoms with Gasteiger partial charge in [0.15, 0.2) is 0 Å². The number of nitrogens with zero attached hydrogens (tertiary/aromatic N) is 1. The molecule has 0 bridgehead atoms. The van der Waals surface area contributed by atoms with Crippen LogP contribution >= 0.6 is 0 Å². The second-order valence-corrected chi connectivity index (χ2v) is 9.05. The fourth-order valence-electron chi connectivity index (χ4n) is 4.54. The van der Waals surface area contributed by atoms with Crippen LogP contribution in [-0.2, 0) is 16.1 Å². The minimum atomic E-state index is -0.859. The van der Waals surface area contributed by atoms with Crippen molar-refractivity contribution in [3.63, 3.8) is 0 Å². The van der Waals surface area contributed by atoms with Crippen molar-refractivity contribution in [2.75, 3.05) is 21.3 Å². The zero-order valence-corrected chi connectivity index (χ0v) is 22.1. The minimum absolute atomic E-state index is 0.0284. The van der Waals surface area contributed by atoms with E-state index in [9.17, 15) is 14.7 Å². The van der Waals surface area contributed by atoms with E-state index in [1.807, 2.05) is 38.1 Å². The molecule has 3 aromatic carbocycles. The Morgan fingerprint density at radius 1 is 0.842 bits per heavy atom. The van der Waals surface area contributed by atoms with E-state index in [1.165, 1.54) is 19.1 Å². The lowest BCUT2D eigenvalue weighted by Crippen LogP contribution is -2.29. The van der Waals surface area contributed by atoms with Crippen LogP contribution in [0.5, 0.6) is 23.0 Å². The number of hydrogen-bond donors (Lipinski definition) is 1. The molecule has 8 nitrogen and oxygen atoms in total. The maximum Gasteiger partial charge on any atom is 0.295 e. The zero-order valence-electron chi connectivity index (χ0n) is 22.1. The van der Waals surface area contributed by atoms with E-state index in [2.05, 4.69) is 0 Å². The lowest BCUT2D eigenvalue weighted by Gasteiger charge is -2.26. The molecule has 1 heterocycles. The van der Waals surface area contributed by atoms with E-state index in [-0.39, 0.29) is 29.5 Å². The van der Waals surface area contributed by atoms with Gasteiger partial charge in [0, 0.05) is 6.54 Å². The molecule has 1 saturated heterocycles. The molecule has 1 amide bonds. The van der Waals surface area contributed by atoms with Crippen LogP contribution in [-0.4, -0.2) is 49.1 Å². The van der Waals surface area contributed by atoms with Crippen molar-refractivity contribution in [3.05, 3.63) is 89.0 Å². The number of aliphatic hydroxyl groups excluding tert-OH is 1. The largest absolute Gasteiger partial charge is 0.506 e. The topological polar surface area (TPSA) is 94.5 Å². The van der Waals surface area contributed by atoms with Crippen molar-refractivity contribution in [3.8, 4) is 23.0 Å². The number of carbonyl (C=O) groups is 2. The molecule has 1 aliphatic rings. The van der Waals surface area contributed by atoms with Gasteiger partial charge < -0.3 is 29.0 Å². The summed E-state index contributed by atoms with van der Waals surface area (Å²) in [7, 11) is 4.47. The summed E-state index contributed by atoms with van der Waals surface area (Å²) in [5.41, 5.74) is 1.59. The number of benzene rings is 3. The first-order valence-corrected chi connectivity index (χ1v) is 12.2. The summed E-state index contributed by atoms with van der Waals surface area (Å²) < 4.78 is 21.9. The number of rotatable bonds is 9. The Kier molecular flexibility index (Phi) is 7.90. The van der Waals surface area contributed by atoms with Gasteiger partial charge in [-0.3, -0.25) is 9.59 Å². The molecule has 38 heavy (non-hydrogen) atoms. The van der Waals surface area contributed by atoms with Crippen LogP contribution in [0, 0.1) is 0 Å². The number of methoxy groups -OCH3 is 3. The summed E-state index contributed by atoms with van der Waals surface area (Å²) >= 11 is 0. The van der Waals surface area contributed by atoms with Crippen LogP contribution in [0.4, 0.5) is 0 Å². The molecule has 3 aromatic rings. The molecule has 8 heteroatoms. The fraction of sp³-hybridized carbons (Fsp3) is 0.267. The molecule has 1 N–H and O–H groups in total. The molecule has 0 saturated carbocycles. The zero-order chi connectivity index (χ0) is 27.4. The maximum absolute atomic E-state index is 13.5. The highest BCUT2D eigenvalue weighted by Crippen LogP contribution is 2.44. The number of amides is 1. The van der Waals surface area contributed by atoms with Gasteiger partial charge in [0.25, 0.3) is 11.7 Å². The molecule has 1 aliphatic heterocycles. The highest BCUT2D eigenvalue weighted by Gasteiger charge is 2.46. The van der Waals surface area contributed by atoms with Crippen molar-refractivity contribution in [2.45, 2.75) is 32.5 Å². The molecular weight excluding hydrogens is 486 g/mol. The van der Waals surface area contributed by atoms with Crippen LogP contribution in [0.3, 0.4) is 0 Å². The van der Waals surface area contributed by atoms with Crippen molar-refractivity contribution >= 4 is 17.4 Å². The predicted molar refractivity (Wildman–Crippen MR) is 143 cm³/mol. The monoisotopic (exact) mass is 517 g/mol. The van der Waals surface area contributed by atoms with Gasteiger partial charge in [-0.15, -0.1) is 0 Å². The van der Waals surface area contributed by atoms with Gasteiger partial charge in [0.2, 0.25) is 0 Å². The van der Waals surface area contributed by atoms with Gasteiger partial charge in [0.1, 0.15) is 34.3 Å². The first kappa shape index (κ1) is 26.6. The third-order valence-corrected chi connectivity index (χ3v) is 6.28. The third-order valence-electron chi connectivity index (χ3n) is 6.28. The summed E-state index contributed by atoms with van der Waals surface area (Å²) in [6.45, 7) is 4.03. The molecule has 0 aromatic heterocycles. The molecule has 4 rings (SSSR count). The Morgan fingerprint density at radius 2 is 1.42 bits per heavy atom. The Balaban J connectivity index is 1.84. The molecule has 198 valence electrons. The first-order chi connectivity index (χ1) is 18.3. The van der Waals surface area contributed by atoms with E-state index < -0.39 is 17.7 Å². The summed E-state index contributed by atoms with van der Waals surface area (Å²) in [5, 5.41) is 11.5. The van der Waals surface area contributed by atoms with Gasteiger partial charge in [-0.1, -0.05) is 30.3 Å². The second-order valence-electron chi connectivity index (χ2n) is 9.05. The smallest absolute Gasteiger partial charge is 0.295 e. The Labute approximate surface area is 222 Å². The van der Waals surface area contributed by atoms with Gasteiger partial charge in [0.05, 0.1) is 39.0 Å². The van der Waals surface area contributed by atoms with E-state index >= 15 is 0 Å². The standard InChI is InChI=1S/C30H31NO7/c1-18(2)38-22-13-9-19(10-14-22)17-31-27(20-11-15-21(35-3)16-12-20)26(29(33)30(31)34)28(32)25-23(36-4)7-6-8-24(25)37-5/h6-16,18,27,32H,17H2,1-5H3/b28-26+. The Bertz CT molecular complexity index is 1320. The van der Waals surface area contributed by atoms with Crippen molar-refractivity contribution in [1.82, 2.24) is 4.90 Å². The summed E-state index contributed by atoms with van der Waals surface area (Å²) in [4.78, 5) is 28.3. The first-order valence-electron chi connectivity index (χ1n) is 12.2. The Morgan fingerprint density at radius 3 is 1.95 bits per heavy atom. The van der Waals surface area contributed by atoms with Crippen molar-refractivity contribution in [2.24, 2.45) is 0 Å².